The van der Waals surface area contributed by atoms with Gasteiger partial charge in [0, 0.05) is 39.8 Å². The quantitative estimate of drug-likeness (QED) is 0.194. The van der Waals surface area contributed by atoms with Crippen molar-refractivity contribution in [3.63, 3.8) is 0 Å². The Balaban J connectivity index is 0.00000432. The molecular weight excluding hydrogens is 510 g/mol. The van der Waals surface area contributed by atoms with E-state index in [0.29, 0.717) is 27.2 Å². The Hall–Kier alpha value is -3.02. The van der Waals surface area contributed by atoms with Gasteiger partial charge in [-0.15, -0.1) is 0 Å². The first-order valence-corrected chi connectivity index (χ1v) is 10.4. The molecule has 10 nitrogen and oxygen atoms in total. The Bertz CT molecular complexity index is 1310. The average Bonchev–Trinajstić information content (AvgIpc) is 3.14. The number of carbonyl (C=O) groups is 4. The van der Waals surface area contributed by atoms with Gasteiger partial charge in [0.25, 0.3) is 0 Å². The van der Waals surface area contributed by atoms with Crippen LogP contribution in [0.4, 0.5) is 10.5 Å². The minimum Gasteiger partial charge on any atom is -0.543 e. The number of aromatic amines is 1. The summed E-state index contributed by atoms with van der Waals surface area (Å²) < 4.78 is 0. The number of halogens is 2. The molecule has 0 saturated heterocycles. The van der Waals surface area contributed by atoms with E-state index in [4.69, 9.17) is 28.3 Å². The molecule has 0 bridgehead atoms. The molecule has 2 aromatic carbocycles. The monoisotopic (exact) mass is 526 g/mol. The second-order valence-corrected chi connectivity index (χ2v) is 7.80. The number of benzene rings is 2. The second kappa shape index (κ2) is 12.6. The van der Waals surface area contributed by atoms with Crippen LogP contribution in [0.25, 0.3) is 17.0 Å². The topological polar surface area (TPSA) is 163 Å². The van der Waals surface area contributed by atoms with Crippen LogP contribution in [0.2, 0.25) is 10.0 Å². The fraction of sp³-hybridized carbons (Fsp3) is 0.0909. The van der Waals surface area contributed by atoms with Gasteiger partial charge in [0.1, 0.15) is 6.54 Å². The molecule has 3 aromatic rings. The van der Waals surface area contributed by atoms with E-state index >= 15 is 0 Å². The maximum Gasteiger partial charge on any atom is 1.00 e. The molecule has 1 aromatic heterocycles. The molecule has 0 aliphatic carbocycles. The Morgan fingerprint density at radius 1 is 1.06 bits per heavy atom. The van der Waals surface area contributed by atoms with Crippen LogP contribution in [0.1, 0.15) is 21.6 Å². The van der Waals surface area contributed by atoms with Gasteiger partial charge in [-0.1, -0.05) is 35.3 Å². The fourth-order valence-corrected chi connectivity index (χ4v) is 3.65. The van der Waals surface area contributed by atoms with Crippen LogP contribution in [0.5, 0.6) is 0 Å². The predicted molar refractivity (Wildman–Crippen MR) is 125 cm³/mol. The second-order valence-electron chi connectivity index (χ2n) is 6.96. The summed E-state index contributed by atoms with van der Waals surface area (Å²) in [5, 5.41) is 28.3. The number of fused-ring (bicyclic) bond motifs is 1. The number of anilines is 1. The smallest absolute Gasteiger partial charge is 0.543 e. The maximum atomic E-state index is 12.4. The number of carboxylic acid groups (broad SMARTS) is 2. The Labute approximate surface area is 231 Å². The van der Waals surface area contributed by atoms with Crippen molar-refractivity contribution in [2.75, 3.05) is 11.9 Å². The van der Waals surface area contributed by atoms with Crippen molar-refractivity contribution in [2.45, 2.75) is 6.54 Å². The van der Waals surface area contributed by atoms with Crippen LogP contribution in [0.15, 0.2) is 42.5 Å². The van der Waals surface area contributed by atoms with Crippen molar-refractivity contribution in [3.8, 4) is 0 Å². The first-order chi connectivity index (χ1) is 16.1. The third-order valence-corrected chi connectivity index (χ3v) is 5.05. The fourth-order valence-electron chi connectivity index (χ4n) is 3.05. The van der Waals surface area contributed by atoms with E-state index in [1.807, 2.05) is 0 Å². The first kappa shape index (κ1) is 28.2. The van der Waals surface area contributed by atoms with Gasteiger partial charge in [-0.05, 0) is 35.9 Å². The van der Waals surface area contributed by atoms with Crippen molar-refractivity contribution in [2.24, 2.45) is 0 Å². The SMILES string of the molecule is O=C(O)CNC(=O)NCc1ccc(NC(=O)/C=C/c2c(C(=O)[O-])[nH]c3cc(Cl)cc(Cl)c23)cc1.[Na+]. The van der Waals surface area contributed by atoms with Crippen LogP contribution >= 0.6 is 23.2 Å². The number of aromatic nitrogens is 1. The van der Waals surface area contributed by atoms with Gasteiger partial charge >= 0.3 is 41.6 Å². The zero-order valence-corrected chi connectivity index (χ0v) is 21.8. The summed E-state index contributed by atoms with van der Waals surface area (Å²) in [6, 6.07) is 8.88. The molecule has 0 spiro atoms. The normalized spacial score (nSPS) is 10.6. The molecule has 35 heavy (non-hydrogen) atoms. The summed E-state index contributed by atoms with van der Waals surface area (Å²) in [6.45, 7) is -0.343. The van der Waals surface area contributed by atoms with Crippen molar-refractivity contribution < 1.29 is 58.9 Å². The number of aromatic carboxylic acids is 1. The summed E-state index contributed by atoms with van der Waals surface area (Å²) in [5.41, 5.74) is 1.49. The van der Waals surface area contributed by atoms with Gasteiger partial charge < -0.3 is 35.9 Å². The number of H-pyrrole nitrogens is 1. The summed E-state index contributed by atoms with van der Waals surface area (Å²) in [6.07, 6.45) is 2.47. The largest absolute Gasteiger partial charge is 1.00 e. The van der Waals surface area contributed by atoms with Crippen LogP contribution in [0.3, 0.4) is 0 Å². The van der Waals surface area contributed by atoms with E-state index in [0.717, 1.165) is 6.08 Å². The third kappa shape index (κ3) is 7.74. The number of carboxylic acids is 2. The van der Waals surface area contributed by atoms with E-state index in [1.54, 1.807) is 24.3 Å². The first-order valence-electron chi connectivity index (χ1n) is 9.67. The minimum atomic E-state index is -1.47. The number of hydrogen-bond donors (Lipinski definition) is 5. The van der Waals surface area contributed by atoms with Gasteiger partial charge in [0.2, 0.25) is 5.91 Å². The van der Waals surface area contributed by atoms with Crippen molar-refractivity contribution in [3.05, 3.63) is 69.3 Å². The summed E-state index contributed by atoms with van der Waals surface area (Å²) in [5.74, 6) is -3.15. The van der Waals surface area contributed by atoms with Crippen molar-refractivity contribution in [1.29, 1.82) is 0 Å². The zero-order chi connectivity index (χ0) is 24.8. The van der Waals surface area contributed by atoms with Gasteiger partial charge in [-0.3, -0.25) is 9.59 Å². The summed E-state index contributed by atoms with van der Waals surface area (Å²) >= 11 is 12.2. The molecule has 3 amide bonds. The van der Waals surface area contributed by atoms with Crippen molar-refractivity contribution in [1.82, 2.24) is 15.6 Å². The number of nitrogens with one attached hydrogen (secondary N) is 4. The Kier molecular flexibility index (Phi) is 10.2. The Morgan fingerprint density at radius 3 is 2.37 bits per heavy atom. The summed E-state index contributed by atoms with van der Waals surface area (Å²) in [7, 11) is 0. The molecule has 0 radical (unpaired) electrons. The molecule has 13 heteroatoms. The van der Waals surface area contributed by atoms with E-state index in [1.165, 1.54) is 18.2 Å². The van der Waals surface area contributed by atoms with Gasteiger partial charge in [-0.25, -0.2) is 4.79 Å². The Morgan fingerprint density at radius 2 is 1.74 bits per heavy atom. The maximum absolute atomic E-state index is 12.4. The standard InChI is InChI=1S/C22H18Cl2N4O6.Na/c23-12-7-15(24)19-14(20(21(32)33)28-16(19)8-12)5-6-17(29)27-13-3-1-11(2-4-13)9-25-22(34)26-10-18(30)31;/h1-8,28H,9-10H2,(H,27,29)(H,30,31)(H,32,33)(H2,25,26,34);/q;+1/p-1/b6-5+;. The molecular formula is C22H17Cl2N4NaO6. The van der Waals surface area contributed by atoms with E-state index in [9.17, 15) is 24.3 Å². The van der Waals surface area contributed by atoms with Crippen LogP contribution in [-0.4, -0.2) is 40.5 Å². The molecule has 0 aliphatic heterocycles. The van der Waals surface area contributed by atoms with Crippen molar-refractivity contribution >= 4 is 69.7 Å². The molecule has 0 saturated carbocycles. The zero-order valence-electron chi connectivity index (χ0n) is 18.3. The van der Waals surface area contributed by atoms with E-state index in [2.05, 4.69) is 20.9 Å². The third-order valence-electron chi connectivity index (χ3n) is 4.53. The molecule has 3 rings (SSSR count). The average molecular weight is 527 g/mol. The van der Waals surface area contributed by atoms with Gasteiger partial charge in [0.05, 0.1) is 16.7 Å². The predicted octanol–water partition coefficient (Wildman–Crippen LogP) is -0.622. The molecule has 176 valence electrons. The number of urea groups is 1. The minimum absolute atomic E-state index is 0. The number of aliphatic carboxylic acids is 1. The van der Waals surface area contributed by atoms with Crippen LogP contribution in [0, 0.1) is 0 Å². The molecule has 0 atom stereocenters. The number of carbonyl (C=O) groups excluding carboxylic acids is 3. The molecule has 1 heterocycles. The molecule has 0 unspecified atom stereocenters. The summed E-state index contributed by atoms with van der Waals surface area (Å²) in [4.78, 5) is 48.4. The number of hydrogen-bond acceptors (Lipinski definition) is 5. The van der Waals surface area contributed by atoms with Crippen LogP contribution < -0.4 is 50.6 Å². The van der Waals surface area contributed by atoms with E-state index in [-0.39, 0.29) is 52.4 Å². The van der Waals surface area contributed by atoms with Gasteiger partial charge in [0.15, 0.2) is 0 Å². The molecule has 0 fully saturated rings. The van der Waals surface area contributed by atoms with Gasteiger partial charge in [-0.2, -0.15) is 0 Å². The molecule has 0 aliphatic rings. The van der Waals surface area contributed by atoms with E-state index < -0.39 is 30.4 Å². The number of amides is 3. The molecule has 5 N–H and O–H groups in total. The number of rotatable bonds is 8. The van der Waals surface area contributed by atoms with Crippen LogP contribution in [-0.2, 0) is 16.1 Å².